The third-order valence-corrected chi connectivity index (χ3v) is 3.84. The zero-order valence-electron chi connectivity index (χ0n) is 13.4. The Hall–Kier alpha value is -0.840. The molecule has 1 aromatic heterocycles. The van der Waals surface area contributed by atoms with E-state index in [1.165, 1.54) is 5.56 Å². The molecule has 0 spiro atoms. The fraction of sp³-hybridized carbons (Fsp3) is 0.750. The van der Waals surface area contributed by atoms with E-state index in [2.05, 4.69) is 51.0 Å². The van der Waals surface area contributed by atoms with Crippen LogP contribution in [0.5, 0.6) is 0 Å². The number of hydrogen-bond acceptors (Lipinski definition) is 4. The second-order valence-electron chi connectivity index (χ2n) is 6.87. The SMILES string of the molecule is CC1OCCC1N(C)Cc1cc(CNC(C)(C)C)co1. The Morgan fingerprint density at radius 2 is 2.15 bits per heavy atom. The van der Waals surface area contributed by atoms with Crippen LogP contribution >= 0.6 is 0 Å². The van der Waals surface area contributed by atoms with Crippen molar-refractivity contribution in [2.75, 3.05) is 13.7 Å². The van der Waals surface area contributed by atoms with Crippen molar-refractivity contribution in [2.45, 2.75) is 64.9 Å². The van der Waals surface area contributed by atoms with Gasteiger partial charge in [-0.2, -0.15) is 0 Å². The van der Waals surface area contributed by atoms with Gasteiger partial charge in [0.2, 0.25) is 0 Å². The van der Waals surface area contributed by atoms with Crippen molar-refractivity contribution in [3.05, 3.63) is 23.7 Å². The molecule has 1 aromatic rings. The molecular formula is C16H28N2O2. The van der Waals surface area contributed by atoms with E-state index >= 15 is 0 Å². The summed E-state index contributed by atoms with van der Waals surface area (Å²) in [7, 11) is 2.14. The first-order chi connectivity index (χ1) is 9.35. The van der Waals surface area contributed by atoms with Crippen molar-refractivity contribution in [2.24, 2.45) is 0 Å². The summed E-state index contributed by atoms with van der Waals surface area (Å²) in [5.41, 5.74) is 1.34. The molecular weight excluding hydrogens is 252 g/mol. The molecule has 0 aromatic carbocycles. The summed E-state index contributed by atoms with van der Waals surface area (Å²) < 4.78 is 11.3. The maximum atomic E-state index is 5.67. The highest BCUT2D eigenvalue weighted by Crippen LogP contribution is 2.20. The molecule has 0 amide bonds. The number of rotatable bonds is 5. The largest absolute Gasteiger partial charge is 0.468 e. The summed E-state index contributed by atoms with van der Waals surface area (Å²) in [4.78, 5) is 2.33. The number of likely N-dealkylation sites (N-methyl/N-ethyl adjacent to an activating group) is 1. The van der Waals surface area contributed by atoms with E-state index < -0.39 is 0 Å². The average Bonchev–Trinajstić information content (AvgIpc) is 2.94. The van der Waals surface area contributed by atoms with Crippen LogP contribution in [-0.2, 0) is 17.8 Å². The zero-order valence-corrected chi connectivity index (χ0v) is 13.4. The van der Waals surface area contributed by atoms with Gasteiger partial charge in [0.1, 0.15) is 5.76 Å². The number of ether oxygens (including phenoxy) is 1. The quantitative estimate of drug-likeness (QED) is 0.900. The van der Waals surface area contributed by atoms with E-state index in [9.17, 15) is 0 Å². The van der Waals surface area contributed by atoms with Crippen LogP contribution in [0, 0.1) is 0 Å². The molecule has 0 saturated carbocycles. The van der Waals surface area contributed by atoms with Crippen LogP contribution in [0.2, 0.25) is 0 Å². The lowest BCUT2D eigenvalue weighted by molar-refractivity contribution is 0.0792. The first-order valence-electron chi connectivity index (χ1n) is 7.48. The van der Waals surface area contributed by atoms with Crippen molar-refractivity contribution < 1.29 is 9.15 Å². The summed E-state index contributed by atoms with van der Waals surface area (Å²) in [6.45, 7) is 11.2. The normalized spacial score (nSPS) is 23.7. The van der Waals surface area contributed by atoms with E-state index in [1.54, 1.807) is 0 Å². The molecule has 0 aliphatic carbocycles. The van der Waals surface area contributed by atoms with Crippen LogP contribution in [-0.4, -0.2) is 36.2 Å². The van der Waals surface area contributed by atoms with Gasteiger partial charge in [-0.3, -0.25) is 4.90 Å². The first-order valence-corrected chi connectivity index (χ1v) is 7.48. The molecule has 4 nitrogen and oxygen atoms in total. The minimum atomic E-state index is 0.130. The lowest BCUT2D eigenvalue weighted by atomic mass is 10.1. The fourth-order valence-corrected chi connectivity index (χ4v) is 2.63. The van der Waals surface area contributed by atoms with E-state index in [0.717, 1.165) is 31.9 Å². The molecule has 0 radical (unpaired) electrons. The van der Waals surface area contributed by atoms with Gasteiger partial charge in [0.05, 0.1) is 18.9 Å². The Kier molecular flexibility index (Phi) is 4.89. The standard InChI is InChI=1S/C16H28N2O2/c1-12-15(6-7-19-12)18(5)10-14-8-13(11-20-14)9-17-16(2,3)4/h8,11-12,15,17H,6-7,9-10H2,1-5H3. The van der Waals surface area contributed by atoms with Crippen molar-refractivity contribution in [1.29, 1.82) is 0 Å². The molecule has 114 valence electrons. The smallest absolute Gasteiger partial charge is 0.118 e. The molecule has 20 heavy (non-hydrogen) atoms. The van der Waals surface area contributed by atoms with Gasteiger partial charge in [-0.1, -0.05) is 0 Å². The first kappa shape index (κ1) is 15.5. The minimum Gasteiger partial charge on any atom is -0.468 e. The van der Waals surface area contributed by atoms with Gasteiger partial charge in [-0.15, -0.1) is 0 Å². The lowest BCUT2D eigenvalue weighted by Crippen LogP contribution is -2.36. The Bertz CT molecular complexity index is 422. The van der Waals surface area contributed by atoms with Crippen molar-refractivity contribution in [1.82, 2.24) is 10.2 Å². The molecule has 4 heteroatoms. The molecule has 2 atom stereocenters. The highest BCUT2D eigenvalue weighted by atomic mass is 16.5. The van der Waals surface area contributed by atoms with Crippen molar-refractivity contribution in [3.63, 3.8) is 0 Å². The van der Waals surface area contributed by atoms with Crippen molar-refractivity contribution in [3.8, 4) is 0 Å². The predicted octanol–water partition coefficient (Wildman–Crippen LogP) is 2.78. The summed E-state index contributed by atoms with van der Waals surface area (Å²) in [5, 5.41) is 3.47. The van der Waals surface area contributed by atoms with Gasteiger partial charge in [0, 0.05) is 30.3 Å². The molecule has 2 rings (SSSR count). The van der Waals surface area contributed by atoms with Crippen LogP contribution in [0.4, 0.5) is 0 Å². The van der Waals surface area contributed by atoms with Crippen LogP contribution in [0.25, 0.3) is 0 Å². The number of nitrogens with zero attached hydrogens (tertiary/aromatic N) is 1. The van der Waals surface area contributed by atoms with Crippen LogP contribution in [0.15, 0.2) is 16.7 Å². The average molecular weight is 280 g/mol. The Morgan fingerprint density at radius 1 is 1.40 bits per heavy atom. The number of furan rings is 1. The van der Waals surface area contributed by atoms with Crippen LogP contribution in [0.1, 0.15) is 45.4 Å². The summed E-state index contributed by atoms with van der Waals surface area (Å²) in [6.07, 6.45) is 3.28. The van der Waals surface area contributed by atoms with E-state index in [-0.39, 0.29) is 5.54 Å². The molecule has 1 aliphatic heterocycles. The fourth-order valence-electron chi connectivity index (χ4n) is 2.63. The predicted molar refractivity (Wildman–Crippen MR) is 80.6 cm³/mol. The second-order valence-corrected chi connectivity index (χ2v) is 6.87. The molecule has 1 fully saturated rings. The van der Waals surface area contributed by atoms with Gasteiger partial charge >= 0.3 is 0 Å². The third kappa shape index (κ3) is 4.33. The van der Waals surface area contributed by atoms with Gasteiger partial charge in [0.15, 0.2) is 0 Å². The number of hydrogen-bond donors (Lipinski definition) is 1. The lowest BCUT2D eigenvalue weighted by Gasteiger charge is -2.25. The Balaban J connectivity index is 1.86. The highest BCUT2D eigenvalue weighted by Gasteiger charge is 2.28. The molecule has 1 saturated heterocycles. The third-order valence-electron chi connectivity index (χ3n) is 3.84. The summed E-state index contributed by atoms with van der Waals surface area (Å²) >= 11 is 0. The van der Waals surface area contributed by atoms with Crippen LogP contribution < -0.4 is 5.32 Å². The maximum absolute atomic E-state index is 5.67. The molecule has 1 N–H and O–H groups in total. The Labute approximate surface area is 122 Å². The molecule has 2 unspecified atom stereocenters. The highest BCUT2D eigenvalue weighted by molar-refractivity contribution is 5.13. The van der Waals surface area contributed by atoms with Gasteiger partial charge in [-0.25, -0.2) is 0 Å². The van der Waals surface area contributed by atoms with Gasteiger partial charge < -0.3 is 14.5 Å². The topological polar surface area (TPSA) is 37.6 Å². The second kappa shape index (κ2) is 6.29. The maximum Gasteiger partial charge on any atom is 0.118 e. The number of nitrogens with one attached hydrogen (secondary N) is 1. The molecule has 1 aliphatic rings. The monoisotopic (exact) mass is 280 g/mol. The van der Waals surface area contributed by atoms with Crippen LogP contribution in [0.3, 0.4) is 0 Å². The minimum absolute atomic E-state index is 0.130. The zero-order chi connectivity index (χ0) is 14.8. The van der Waals surface area contributed by atoms with Gasteiger partial charge in [-0.05, 0) is 47.2 Å². The van der Waals surface area contributed by atoms with Crippen molar-refractivity contribution >= 4 is 0 Å². The van der Waals surface area contributed by atoms with E-state index in [0.29, 0.717) is 12.1 Å². The van der Waals surface area contributed by atoms with E-state index in [1.807, 2.05) is 6.26 Å². The molecule has 0 bridgehead atoms. The summed E-state index contributed by atoms with van der Waals surface area (Å²) in [5.74, 6) is 1.03. The summed E-state index contributed by atoms with van der Waals surface area (Å²) in [6, 6.07) is 2.65. The van der Waals surface area contributed by atoms with E-state index in [4.69, 9.17) is 9.15 Å². The molecule has 2 heterocycles. The van der Waals surface area contributed by atoms with Gasteiger partial charge in [0.25, 0.3) is 0 Å². The Morgan fingerprint density at radius 3 is 2.75 bits per heavy atom.